The van der Waals surface area contributed by atoms with Crippen molar-refractivity contribution in [2.75, 3.05) is 0 Å². The second-order valence-corrected chi connectivity index (χ2v) is 7.14. The molecule has 4 heteroatoms. The fourth-order valence-corrected chi connectivity index (χ4v) is 4.59. The summed E-state index contributed by atoms with van der Waals surface area (Å²) in [6.07, 6.45) is 1.08. The van der Waals surface area contributed by atoms with Crippen molar-refractivity contribution >= 4 is 34.5 Å². The highest BCUT2D eigenvalue weighted by Gasteiger charge is 2.23. The molecule has 0 saturated carbocycles. The summed E-state index contributed by atoms with van der Waals surface area (Å²) in [5.74, 6) is 0.467. The zero-order valence-corrected chi connectivity index (χ0v) is 14.9. The molecule has 1 heterocycles. The minimum atomic E-state index is -0.275. The Balaban J connectivity index is 2.13. The quantitative estimate of drug-likeness (QED) is 0.493. The summed E-state index contributed by atoms with van der Waals surface area (Å²) in [5.41, 5.74) is 1.82. The number of halogens is 2. The van der Waals surface area contributed by atoms with Crippen molar-refractivity contribution in [3.05, 3.63) is 56.7 Å². The molecule has 3 atom stereocenters. The molecule has 0 aliphatic rings. The van der Waals surface area contributed by atoms with Crippen molar-refractivity contribution in [1.82, 2.24) is 5.32 Å². The maximum atomic E-state index is 6.58. The standard InChI is InChI=1S/C17H21Cl2NS/c1-4-13(15-9-6-10-21-15)12(3)20-17(19)16-11(2)7-5-8-14(16)18/h5-10,12-13,17,20H,4H2,1-3H3. The predicted molar refractivity (Wildman–Crippen MR) is 94.7 cm³/mol. The zero-order chi connectivity index (χ0) is 15.4. The van der Waals surface area contributed by atoms with E-state index in [9.17, 15) is 0 Å². The Morgan fingerprint density at radius 3 is 2.57 bits per heavy atom. The molecule has 0 amide bonds. The largest absolute Gasteiger partial charge is 0.294 e. The van der Waals surface area contributed by atoms with Crippen LogP contribution < -0.4 is 5.32 Å². The first kappa shape index (κ1) is 16.8. The normalized spacial score (nSPS) is 15.7. The molecular weight excluding hydrogens is 321 g/mol. The van der Waals surface area contributed by atoms with Gasteiger partial charge in [0.2, 0.25) is 0 Å². The number of hydrogen-bond donors (Lipinski definition) is 1. The van der Waals surface area contributed by atoms with Crippen LogP contribution >= 0.6 is 34.5 Å². The van der Waals surface area contributed by atoms with Crippen molar-refractivity contribution in [3.8, 4) is 0 Å². The first-order chi connectivity index (χ1) is 10.0. The monoisotopic (exact) mass is 341 g/mol. The number of alkyl halides is 1. The Labute approximate surface area is 141 Å². The minimum Gasteiger partial charge on any atom is -0.294 e. The predicted octanol–water partition coefficient (Wildman–Crippen LogP) is 6.12. The van der Waals surface area contributed by atoms with Crippen LogP contribution in [0, 0.1) is 6.92 Å². The summed E-state index contributed by atoms with van der Waals surface area (Å²) in [6.45, 7) is 6.45. The zero-order valence-electron chi connectivity index (χ0n) is 12.6. The number of benzene rings is 1. The van der Waals surface area contributed by atoms with Gasteiger partial charge in [-0.1, -0.05) is 36.7 Å². The number of hydrogen-bond acceptors (Lipinski definition) is 2. The van der Waals surface area contributed by atoms with E-state index in [4.69, 9.17) is 23.2 Å². The lowest BCUT2D eigenvalue weighted by molar-refractivity contribution is 0.445. The Morgan fingerprint density at radius 2 is 2.00 bits per heavy atom. The van der Waals surface area contributed by atoms with Gasteiger partial charge in [0, 0.05) is 27.4 Å². The van der Waals surface area contributed by atoms with Gasteiger partial charge in [0.05, 0.1) is 0 Å². The van der Waals surface area contributed by atoms with E-state index in [-0.39, 0.29) is 11.5 Å². The van der Waals surface area contributed by atoms with Gasteiger partial charge in [0.25, 0.3) is 0 Å². The molecule has 114 valence electrons. The van der Waals surface area contributed by atoms with Gasteiger partial charge in [-0.05, 0) is 43.3 Å². The number of rotatable bonds is 6. The van der Waals surface area contributed by atoms with Crippen LogP contribution in [0.2, 0.25) is 5.02 Å². The summed E-state index contributed by atoms with van der Waals surface area (Å²) in [6, 6.07) is 10.5. The van der Waals surface area contributed by atoms with Crippen LogP contribution in [-0.2, 0) is 0 Å². The highest BCUT2D eigenvalue weighted by atomic mass is 35.5. The van der Waals surface area contributed by atoms with Crippen LogP contribution in [0.3, 0.4) is 0 Å². The third-order valence-corrected chi connectivity index (χ3v) is 5.56. The minimum absolute atomic E-state index is 0.275. The molecule has 0 aliphatic carbocycles. The molecule has 2 rings (SSSR count). The van der Waals surface area contributed by atoms with E-state index in [2.05, 4.69) is 36.7 Å². The van der Waals surface area contributed by atoms with Crippen molar-refractivity contribution in [3.63, 3.8) is 0 Å². The van der Waals surface area contributed by atoms with Gasteiger partial charge in [0.15, 0.2) is 0 Å². The molecule has 3 unspecified atom stereocenters. The number of aryl methyl sites for hydroxylation is 1. The smallest absolute Gasteiger partial charge is 0.110 e. The summed E-state index contributed by atoms with van der Waals surface area (Å²) >= 11 is 14.7. The molecule has 1 N–H and O–H groups in total. The van der Waals surface area contributed by atoms with E-state index < -0.39 is 0 Å². The van der Waals surface area contributed by atoms with Gasteiger partial charge in [0.1, 0.15) is 5.50 Å². The van der Waals surface area contributed by atoms with Crippen molar-refractivity contribution in [2.24, 2.45) is 0 Å². The van der Waals surface area contributed by atoms with Gasteiger partial charge in [-0.3, -0.25) is 5.32 Å². The summed E-state index contributed by atoms with van der Waals surface area (Å²) < 4.78 is 0. The molecule has 21 heavy (non-hydrogen) atoms. The van der Waals surface area contributed by atoms with Crippen molar-refractivity contribution < 1.29 is 0 Å². The van der Waals surface area contributed by atoms with Gasteiger partial charge in [-0.25, -0.2) is 0 Å². The SMILES string of the molecule is CCC(c1cccs1)C(C)NC(Cl)c1c(C)cccc1Cl. The average Bonchev–Trinajstić information content (AvgIpc) is 2.93. The second kappa shape index (κ2) is 7.64. The molecule has 0 aliphatic heterocycles. The molecule has 1 aromatic heterocycles. The van der Waals surface area contributed by atoms with Crippen LogP contribution in [0.4, 0.5) is 0 Å². The Kier molecular flexibility index (Phi) is 6.12. The lowest BCUT2D eigenvalue weighted by atomic mass is 9.96. The van der Waals surface area contributed by atoms with E-state index >= 15 is 0 Å². The summed E-state index contributed by atoms with van der Waals surface area (Å²) in [4.78, 5) is 1.40. The molecule has 1 aromatic carbocycles. The summed E-state index contributed by atoms with van der Waals surface area (Å²) in [5, 5.41) is 6.35. The van der Waals surface area contributed by atoms with E-state index in [0.29, 0.717) is 5.92 Å². The first-order valence-electron chi connectivity index (χ1n) is 7.23. The van der Waals surface area contributed by atoms with Gasteiger partial charge < -0.3 is 0 Å². The molecule has 0 fully saturated rings. The highest BCUT2D eigenvalue weighted by Crippen LogP contribution is 2.33. The summed E-state index contributed by atoms with van der Waals surface area (Å²) in [7, 11) is 0. The topological polar surface area (TPSA) is 12.0 Å². The van der Waals surface area contributed by atoms with Crippen LogP contribution in [0.1, 0.15) is 47.7 Å². The molecule has 0 saturated heterocycles. The van der Waals surface area contributed by atoms with Crippen molar-refractivity contribution in [2.45, 2.75) is 44.7 Å². The fourth-order valence-electron chi connectivity index (χ4n) is 2.70. The lowest BCUT2D eigenvalue weighted by Crippen LogP contribution is -2.33. The molecule has 0 radical (unpaired) electrons. The van der Waals surface area contributed by atoms with Crippen molar-refractivity contribution in [1.29, 1.82) is 0 Å². The van der Waals surface area contributed by atoms with E-state index in [0.717, 1.165) is 22.6 Å². The molecule has 0 bridgehead atoms. The number of thiophene rings is 1. The third-order valence-electron chi connectivity index (χ3n) is 3.89. The van der Waals surface area contributed by atoms with E-state index in [1.165, 1.54) is 4.88 Å². The maximum absolute atomic E-state index is 6.58. The van der Waals surface area contributed by atoms with Gasteiger partial charge in [-0.2, -0.15) is 0 Å². The van der Waals surface area contributed by atoms with Gasteiger partial charge >= 0.3 is 0 Å². The average molecular weight is 342 g/mol. The first-order valence-corrected chi connectivity index (χ1v) is 8.92. The molecule has 0 spiro atoms. The maximum Gasteiger partial charge on any atom is 0.110 e. The van der Waals surface area contributed by atoms with Gasteiger partial charge in [-0.15, -0.1) is 22.9 Å². The van der Waals surface area contributed by atoms with Crippen LogP contribution in [0.15, 0.2) is 35.7 Å². The van der Waals surface area contributed by atoms with E-state index in [1.807, 2.05) is 25.1 Å². The fraction of sp³-hybridized carbons (Fsp3) is 0.412. The van der Waals surface area contributed by atoms with Crippen LogP contribution in [0.5, 0.6) is 0 Å². The highest BCUT2D eigenvalue weighted by molar-refractivity contribution is 7.10. The lowest BCUT2D eigenvalue weighted by Gasteiger charge is -2.27. The Hall–Kier alpha value is -0.540. The van der Waals surface area contributed by atoms with Crippen LogP contribution in [0.25, 0.3) is 0 Å². The molecular formula is C17H21Cl2NS. The van der Waals surface area contributed by atoms with E-state index in [1.54, 1.807) is 11.3 Å². The van der Waals surface area contributed by atoms with Crippen LogP contribution in [-0.4, -0.2) is 6.04 Å². The second-order valence-electron chi connectivity index (χ2n) is 5.32. The number of nitrogens with one attached hydrogen (secondary N) is 1. The Bertz CT molecular complexity index is 548. The molecule has 2 aromatic rings. The Morgan fingerprint density at radius 1 is 1.24 bits per heavy atom. The molecule has 1 nitrogen and oxygen atoms in total. The third kappa shape index (κ3) is 4.01.